The molecule has 0 radical (unpaired) electrons. The molecule has 0 unspecified atom stereocenters. The van der Waals surface area contributed by atoms with Gasteiger partial charge < -0.3 is 9.47 Å². The topological polar surface area (TPSA) is 48.4 Å². The maximum absolute atomic E-state index is 12.4. The highest BCUT2D eigenvalue weighted by atomic mass is 16.5. The summed E-state index contributed by atoms with van der Waals surface area (Å²) >= 11 is 0. The zero-order chi connectivity index (χ0) is 16.9. The maximum Gasteiger partial charge on any atom is 0.343 e. The van der Waals surface area contributed by atoms with Crippen molar-refractivity contribution >= 4 is 5.97 Å². The second kappa shape index (κ2) is 6.96. The molecule has 24 heavy (non-hydrogen) atoms. The number of methoxy groups -OCH3 is 1. The van der Waals surface area contributed by atoms with Crippen molar-refractivity contribution in [3.8, 4) is 22.8 Å². The molecule has 120 valence electrons. The quantitative estimate of drug-likeness (QED) is 0.532. The standard InChI is InChI=1S/C20H17NO3/c1-14-7-6-12-21-19(14)17-13-16(23-2)10-11-18(17)24-20(22)15-8-4-3-5-9-15/h3-13H,1-2H3. The summed E-state index contributed by atoms with van der Waals surface area (Å²) in [6.45, 7) is 1.96. The minimum Gasteiger partial charge on any atom is -0.497 e. The van der Waals surface area contributed by atoms with Gasteiger partial charge in [0.05, 0.1) is 18.4 Å². The molecule has 3 aromatic rings. The van der Waals surface area contributed by atoms with Crippen LogP contribution in [-0.2, 0) is 0 Å². The van der Waals surface area contributed by atoms with Crippen LogP contribution in [0.2, 0.25) is 0 Å². The second-order valence-corrected chi connectivity index (χ2v) is 5.29. The van der Waals surface area contributed by atoms with Gasteiger partial charge in [0.15, 0.2) is 0 Å². The molecule has 0 N–H and O–H groups in total. The molecule has 0 amide bonds. The number of esters is 1. The molecular weight excluding hydrogens is 302 g/mol. The number of rotatable bonds is 4. The lowest BCUT2D eigenvalue weighted by atomic mass is 10.1. The summed E-state index contributed by atoms with van der Waals surface area (Å²) in [5.74, 6) is 0.719. The number of benzene rings is 2. The van der Waals surface area contributed by atoms with Crippen LogP contribution in [0.5, 0.6) is 11.5 Å². The van der Waals surface area contributed by atoms with Crippen LogP contribution in [0.15, 0.2) is 66.9 Å². The van der Waals surface area contributed by atoms with Gasteiger partial charge in [-0.15, -0.1) is 0 Å². The Bertz CT molecular complexity index is 860. The number of pyridine rings is 1. The van der Waals surface area contributed by atoms with Gasteiger partial charge >= 0.3 is 5.97 Å². The molecule has 4 heteroatoms. The molecule has 3 rings (SSSR count). The fourth-order valence-corrected chi connectivity index (χ4v) is 2.41. The van der Waals surface area contributed by atoms with E-state index in [0.29, 0.717) is 17.1 Å². The Morgan fingerprint density at radius 1 is 1.00 bits per heavy atom. The molecular formula is C20H17NO3. The number of hydrogen-bond donors (Lipinski definition) is 0. The van der Waals surface area contributed by atoms with E-state index in [0.717, 1.165) is 16.8 Å². The van der Waals surface area contributed by atoms with E-state index in [9.17, 15) is 4.79 Å². The molecule has 0 spiro atoms. The molecule has 1 aromatic heterocycles. The third kappa shape index (κ3) is 3.27. The van der Waals surface area contributed by atoms with Crippen molar-refractivity contribution < 1.29 is 14.3 Å². The zero-order valence-electron chi connectivity index (χ0n) is 13.5. The Morgan fingerprint density at radius 2 is 1.79 bits per heavy atom. The van der Waals surface area contributed by atoms with Crippen molar-refractivity contribution in [3.05, 3.63) is 78.0 Å². The van der Waals surface area contributed by atoms with Crippen molar-refractivity contribution in [3.63, 3.8) is 0 Å². The molecule has 0 aliphatic rings. The smallest absolute Gasteiger partial charge is 0.343 e. The molecule has 0 atom stereocenters. The first kappa shape index (κ1) is 15.7. The summed E-state index contributed by atoms with van der Waals surface area (Å²) in [7, 11) is 1.60. The van der Waals surface area contributed by atoms with Gasteiger partial charge in [-0.05, 0) is 48.9 Å². The summed E-state index contributed by atoms with van der Waals surface area (Å²) in [5.41, 5.74) is 2.96. The van der Waals surface area contributed by atoms with E-state index in [1.165, 1.54) is 0 Å². The summed E-state index contributed by atoms with van der Waals surface area (Å²) < 4.78 is 10.9. The second-order valence-electron chi connectivity index (χ2n) is 5.29. The monoisotopic (exact) mass is 319 g/mol. The Balaban J connectivity index is 2.02. The zero-order valence-corrected chi connectivity index (χ0v) is 13.5. The molecule has 0 aliphatic carbocycles. The fraction of sp³-hybridized carbons (Fsp3) is 0.100. The first-order valence-electron chi connectivity index (χ1n) is 7.56. The molecule has 0 aliphatic heterocycles. The highest BCUT2D eigenvalue weighted by Gasteiger charge is 2.15. The first-order chi connectivity index (χ1) is 11.7. The van der Waals surface area contributed by atoms with Gasteiger partial charge in [0.2, 0.25) is 0 Å². The van der Waals surface area contributed by atoms with Gasteiger partial charge in [-0.2, -0.15) is 0 Å². The van der Waals surface area contributed by atoms with Crippen molar-refractivity contribution in [2.75, 3.05) is 7.11 Å². The van der Waals surface area contributed by atoms with E-state index in [4.69, 9.17) is 9.47 Å². The Labute approximate surface area is 140 Å². The van der Waals surface area contributed by atoms with Crippen LogP contribution >= 0.6 is 0 Å². The highest BCUT2D eigenvalue weighted by Crippen LogP contribution is 2.34. The van der Waals surface area contributed by atoms with Crippen molar-refractivity contribution in [2.45, 2.75) is 6.92 Å². The van der Waals surface area contributed by atoms with Gasteiger partial charge in [-0.1, -0.05) is 24.3 Å². The fourth-order valence-electron chi connectivity index (χ4n) is 2.41. The summed E-state index contributed by atoms with van der Waals surface area (Å²) in [4.78, 5) is 16.8. The largest absolute Gasteiger partial charge is 0.497 e. The number of ether oxygens (including phenoxy) is 2. The van der Waals surface area contributed by atoms with E-state index in [1.54, 1.807) is 49.7 Å². The normalized spacial score (nSPS) is 10.2. The molecule has 0 fully saturated rings. The number of aryl methyl sites for hydroxylation is 1. The third-order valence-corrected chi connectivity index (χ3v) is 3.66. The average molecular weight is 319 g/mol. The minimum absolute atomic E-state index is 0.407. The van der Waals surface area contributed by atoms with E-state index >= 15 is 0 Å². The third-order valence-electron chi connectivity index (χ3n) is 3.66. The van der Waals surface area contributed by atoms with Crippen molar-refractivity contribution in [1.29, 1.82) is 0 Å². The molecule has 2 aromatic carbocycles. The number of carbonyl (C=O) groups is 1. The first-order valence-corrected chi connectivity index (χ1v) is 7.56. The summed E-state index contributed by atoms with van der Waals surface area (Å²) in [6.07, 6.45) is 1.71. The van der Waals surface area contributed by atoms with Crippen LogP contribution in [-0.4, -0.2) is 18.1 Å². The predicted molar refractivity (Wildman–Crippen MR) is 92.4 cm³/mol. The summed E-state index contributed by atoms with van der Waals surface area (Å²) in [6, 6.07) is 18.0. The molecule has 0 bridgehead atoms. The van der Waals surface area contributed by atoms with Gasteiger partial charge in [-0.25, -0.2) is 4.79 Å². The van der Waals surface area contributed by atoms with Crippen LogP contribution < -0.4 is 9.47 Å². The summed E-state index contributed by atoms with van der Waals surface area (Å²) in [5, 5.41) is 0. The van der Waals surface area contributed by atoms with Crippen molar-refractivity contribution in [2.24, 2.45) is 0 Å². The lowest BCUT2D eigenvalue weighted by Crippen LogP contribution is -2.09. The van der Waals surface area contributed by atoms with E-state index < -0.39 is 5.97 Å². The van der Waals surface area contributed by atoms with Crippen molar-refractivity contribution in [1.82, 2.24) is 4.98 Å². The lowest BCUT2D eigenvalue weighted by molar-refractivity contribution is 0.0735. The van der Waals surface area contributed by atoms with Crippen LogP contribution in [0.1, 0.15) is 15.9 Å². The van der Waals surface area contributed by atoms with Gasteiger partial charge in [0.25, 0.3) is 0 Å². The predicted octanol–water partition coefficient (Wildman–Crippen LogP) is 4.28. The van der Waals surface area contributed by atoms with Gasteiger partial charge in [0, 0.05) is 11.8 Å². The van der Waals surface area contributed by atoms with Crippen LogP contribution in [0.25, 0.3) is 11.3 Å². The number of aromatic nitrogens is 1. The molecule has 0 saturated carbocycles. The van der Waals surface area contributed by atoms with Gasteiger partial charge in [0.1, 0.15) is 11.5 Å². The molecule has 1 heterocycles. The van der Waals surface area contributed by atoms with Crippen LogP contribution in [0.4, 0.5) is 0 Å². The van der Waals surface area contributed by atoms with Crippen LogP contribution in [0, 0.1) is 6.92 Å². The lowest BCUT2D eigenvalue weighted by Gasteiger charge is -2.13. The van der Waals surface area contributed by atoms with E-state index in [2.05, 4.69) is 4.98 Å². The Kier molecular flexibility index (Phi) is 4.57. The maximum atomic E-state index is 12.4. The Morgan fingerprint density at radius 3 is 2.50 bits per heavy atom. The number of nitrogens with zero attached hydrogens (tertiary/aromatic N) is 1. The number of carbonyl (C=O) groups excluding carboxylic acids is 1. The highest BCUT2D eigenvalue weighted by molar-refractivity contribution is 5.92. The molecule has 4 nitrogen and oxygen atoms in total. The minimum atomic E-state index is -0.407. The average Bonchev–Trinajstić information content (AvgIpc) is 2.63. The Hall–Kier alpha value is -3.14. The van der Waals surface area contributed by atoms with E-state index in [-0.39, 0.29) is 0 Å². The number of hydrogen-bond acceptors (Lipinski definition) is 4. The molecule has 0 saturated heterocycles. The van der Waals surface area contributed by atoms with E-state index in [1.807, 2.05) is 31.2 Å². The van der Waals surface area contributed by atoms with Gasteiger partial charge in [-0.3, -0.25) is 4.98 Å². The van der Waals surface area contributed by atoms with Crippen LogP contribution in [0.3, 0.4) is 0 Å². The SMILES string of the molecule is COc1ccc(OC(=O)c2ccccc2)c(-c2ncccc2C)c1.